The molecule has 124 valence electrons. The normalized spacial score (nSPS) is 16.2. The summed E-state index contributed by atoms with van der Waals surface area (Å²) >= 11 is 1.59. The van der Waals surface area contributed by atoms with E-state index in [9.17, 15) is 10.1 Å². The summed E-state index contributed by atoms with van der Waals surface area (Å²) in [6.07, 6.45) is 10.6. The SMILES string of the molecule is C#CCN(CC#C)CC(=O)N1CCN(C(C#N)c2cccs2)CC1. The molecule has 0 aromatic carbocycles. The third kappa shape index (κ3) is 4.60. The van der Waals surface area contributed by atoms with Gasteiger partial charge in [0.05, 0.1) is 25.7 Å². The second kappa shape index (κ2) is 9.11. The highest BCUT2D eigenvalue weighted by Crippen LogP contribution is 2.25. The summed E-state index contributed by atoms with van der Waals surface area (Å²) in [5.41, 5.74) is 0. The van der Waals surface area contributed by atoms with Crippen molar-refractivity contribution >= 4 is 17.2 Å². The molecule has 1 fully saturated rings. The van der Waals surface area contributed by atoms with Crippen LogP contribution in [0.15, 0.2) is 17.5 Å². The zero-order valence-corrected chi connectivity index (χ0v) is 14.3. The molecule has 0 spiro atoms. The van der Waals surface area contributed by atoms with E-state index < -0.39 is 0 Å². The molecule has 2 heterocycles. The van der Waals surface area contributed by atoms with Crippen molar-refractivity contribution in [1.29, 1.82) is 5.26 Å². The van der Waals surface area contributed by atoms with Gasteiger partial charge in [0, 0.05) is 31.1 Å². The number of nitrogens with zero attached hydrogens (tertiary/aromatic N) is 4. The van der Waals surface area contributed by atoms with Gasteiger partial charge < -0.3 is 4.90 Å². The molecule has 0 saturated carbocycles. The van der Waals surface area contributed by atoms with Gasteiger partial charge in [-0.1, -0.05) is 17.9 Å². The van der Waals surface area contributed by atoms with Gasteiger partial charge in [-0.15, -0.1) is 24.2 Å². The average molecular weight is 340 g/mol. The zero-order chi connectivity index (χ0) is 17.4. The highest BCUT2D eigenvalue weighted by atomic mass is 32.1. The first-order valence-electron chi connectivity index (χ1n) is 7.73. The molecule has 1 saturated heterocycles. The van der Waals surface area contributed by atoms with Gasteiger partial charge in [0.15, 0.2) is 0 Å². The monoisotopic (exact) mass is 340 g/mol. The molecule has 1 aromatic heterocycles. The largest absolute Gasteiger partial charge is 0.339 e. The van der Waals surface area contributed by atoms with Crippen LogP contribution in [0.4, 0.5) is 0 Å². The summed E-state index contributed by atoms with van der Waals surface area (Å²) in [4.78, 5) is 19.2. The minimum atomic E-state index is -0.235. The first-order chi connectivity index (χ1) is 11.7. The van der Waals surface area contributed by atoms with Crippen LogP contribution in [0.3, 0.4) is 0 Å². The fourth-order valence-corrected chi connectivity index (χ4v) is 3.52. The molecule has 1 aromatic rings. The molecule has 1 amide bonds. The number of rotatable bonds is 6. The molecule has 1 aliphatic rings. The number of hydrogen-bond acceptors (Lipinski definition) is 5. The number of hydrogen-bond donors (Lipinski definition) is 0. The van der Waals surface area contributed by atoms with Crippen molar-refractivity contribution in [3.8, 4) is 30.8 Å². The summed E-state index contributed by atoms with van der Waals surface area (Å²) < 4.78 is 0. The van der Waals surface area contributed by atoms with Gasteiger partial charge in [0.2, 0.25) is 5.91 Å². The Balaban J connectivity index is 1.88. The lowest BCUT2D eigenvalue weighted by atomic mass is 10.2. The fraction of sp³-hybridized carbons (Fsp3) is 0.444. The van der Waals surface area contributed by atoms with Crippen LogP contribution in [0.2, 0.25) is 0 Å². The van der Waals surface area contributed by atoms with Crippen LogP contribution in [0.1, 0.15) is 10.9 Å². The second-order valence-electron chi connectivity index (χ2n) is 5.52. The topological polar surface area (TPSA) is 50.6 Å². The summed E-state index contributed by atoms with van der Waals surface area (Å²) in [5, 5.41) is 11.4. The van der Waals surface area contributed by atoms with Crippen LogP contribution < -0.4 is 0 Å². The standard InChI is InChI=1S/C18H20N4OS/c1-3-7-20(8-4-2)15-18(23)22-11-9-21(10-12-22)16(14-19)17-6-5-13-24-17/h1-2,5-6,13,16H,7-12,15H2. The summed E-state index contributed by atoms with van der Waals surface area (Å²) in [7, 11) is 0. The Labute approximate surface area is 147 Å². The Morgan fingerprint density at radius 2 is 1.96 bits per heavy atom. The maximum Gasteiger partial charge on any atom is 0.236 e. The van der Waals surface area contributed by atoms with Crippen molar-refractivity contribution in [2.24, 2.45) is 0 Å². The summed E-state index contributed by atoms with van der Waals surface area (Å²) in [6, 6.07) is 6.06. The lowest BCUT2D eigenvalue weighted by molar-refractivity contribution is -0.134. The van der Waals surface area contributed by atoms with Crippen LogP contribution in [0.25, 0.3) is 0 Å². The molecule has 0 N–H and O–H groups in total. The Kier molecular flexibility index (Phi) is 6.85. The predicted octanol–water partition coefficient (Wildman–Crippen LogP) is 1.03. The highest BCUT2D eigenvalue weighted by molar-refractivity contribution is 7.10. The van der Waals surface area contributed by atoms with E-state index >= 15 is 0 Å². The third-order valence-electron chi connectivity index (χ3n) is 3.96. The Morgan fingerprint density at radius 3 is 2.46 bits per heavy atom. The number of carbonyl (C=O) groups excluding carboxylic acids is 1. The molecule has 0 radical (unpaired) electrons. The molecular weight excluding hydrogens is 320 g/mol. The molecule has 1 atom stereocenters. The molecule has 6 heteroatoms. The zero-order valence-electron chi connectivity index (χ0n) is 13.5. The van der Waals surface area contributed by atoms with Crippen LogP contribution in [-0.4, -0.2) is 66.4 Å². The van der Waals surface area contributed by atoms with E-state index in [2.05, 4.69) is 22.8 Å². The number of nitriles is 1. The van der Waals surface area contributed by atoms with Gasteiger partial charge in [-0.05, 0) is 11.4 Å². The van der Waals surface area contributed by atoms with Crippen molar-refractivity contribution < 1.29 is 4.79 Å². The smallest absolute Gasteiger partial charge is 0.236 e. The van der Waals surface area contributed by atoms with Crippen molar-refractivity contribution in [3.63, 3.8) is 0 Å². The van der Waals surface area contributed by atoms with E-state index in [1.54, 1.807) is 16.2 Å². The van der Waals surface area contributed by atoms with Crippen LogP contribution in [0.5, 0.6) is 0 Å². The second-order valence-corrected chi connectivity index (χ2v) is 6.50. The number of thiophene rings is 1. The molecule has 0 aliphatic carbocycles. The molecule has 1 unspecified atom stereocenters. The average Bonchev–Trinajstić information content (AvgIpc) is 3.11. The molecule has 24 heavy (non-hydrogen) atoms. The number of amides is 1. The molecule has 0 bridgehead atoms. The van der Waals surface area contributed by atoms with Crippen LogP contribution in [0, 0.1) is 36.0 Å². The number of terminal acetylenes is 2. The van der Waals surface area contributed by atoms with E-state index in [0.717, 1.165) is 4.88 Å². The third-order valence-corrected chi connectivity index (χ3v) is 4.88. The van der Waals surface area contributed by atoms with Crippen molar-refractivity contribution in [3.05, 3.63) is 22.4 Å². The molecule has 5 nitrogen and oxygen atoms in total. The molecule has 2 rings (SSSR count). The first-order valence-corrected chi connectivity index (χ1v) is 8.61. The summed E-state index contributed by atoms with van der Waals surface area (Å²) in [5.74, 6) is 5.08. The lowest BCUT2D eigenvalue weighted by Gasteiger charge is -2.37. The summed E-state index contributed by atoms with van der Waals surface area (Å²) in [6.45, 7) is 3.57. The van der Waals surface area contributed by atoms with E-state index in [0.29, 0.717) is 39.3 Å². The van der Waals surface area contributed by atoms with E-state index in [1.807, 2.05) is 22.4 Å². The molecular formula is C18H20N4OS. The van der Waals surface area contributed by atoms with Gasteiger partial charge in [-0.25, -0.2) is 0 Å². The molecule has 1 aliphatic heterocycles. The van der Waals surface area contributed by atoms with Crippen molar-refractivity contribution in [2.45, 2.75) is 6.04 Å². The van der Waals surface area contributed by atoms with E-state index in [1.165, 1.54) is 0 Å². The van der Waals surface area contributed by atoms with Gasteiger partial charge in [0.1, 0.15) is 6.04 Å². The first kappa shape index (κ1) is 18.0. The number of carbonyl (C=O) groups is 1. The minimum absolute atomic E-state index is 0.0322. The van der Waals surface area contributed by atoms with Crippen LogP contribution >= 0.6 is 11.3 Å². The maximum absolute atomic E-state index is 12.4. The van der Waals surface area contributed by atoms with Gasteiger partial charge in [-0.2, -0.15) is 5.26 Å². The Bertz CT molecular complexity index is 641. The van der Waals surface area contributed by atoms with E-state index in [-0.39, 0.29) is 18.5 Å². The van der Waals surface area contributed by atoms with Gasteiger partial charge in [0.25, 0.3) is 0 Å². The quantitative estimate of drug-likeness (QED) is 0.726. The Morgan fingerprint density at radius 1 is 1.29 bits per heavy atom. The highest BCUT2D eigenvalue weighted by Gasteiger charge is 2.27. The van der Waals surface area contributed by atoms with Gasteiger partial charge in [-0.3, -0.25) is 14.6 Å². The lowest BCUT2D eigenvalue weighted by Crippen LogP contribution is -2.51. The predicted molar refractivity (Wildman–Crippen MR) is 94.9 cm³/mol. The maximum atomic E-state index is 12.4. The Hall–Kier alpha value is -2.30. The van der Waals surface area contributed by atoms with E-state index in [4.69, 9.17) is 12.8 Å². The number of piperazine rings is 1. The minimum Gasteiger partial charge on any atom is -0.339 e. The van der Waals surface area contributed by atoms with Crippen molar-refractivity contribution in [2.75, 3.05) is 45.8 Å². The fourth-order valence-electron chi connectivity index (χ4n) is 2.72. The van der Waals surface area contributed by atoms with Crippen molar-refractivity contribution in [1.82, 2.24) is 14.7 Å². The van der Waals surface area contributed by atoms with Gasteiger partial charge >= 0.3 is 0 Å². The van der Waals surface area contributed by atoms with Crippen LogP contribution in [-0.2, 0) is 4.79 Å².